The van der Waals surface area contributed by atoms with Crippen molar-refractivity contribution in [3.8, 4) is 5.75 Å². The van der Waals surface area contributed by atoms with E-state index in [1.54, 1.807) is 18.0 Å². The number of carbonyl (C=O) groups excluding carboxylic acids is 1. The van der Waals surface area contributed by atoms with Gasteiger partial charge >= 0.3 is 0 Å². The lowest BCUT2D eigenvalue weighted by molar-refractivity contribution is 0.102. The molecule has 0 N–H and O–H groups in total. The zero-order valence-corrected chi connectivity index (χ0v) is 11.6. The van der Waals surface area contributed by atoms with E-state index in [4.69, 9.17) is 4.74 Å². The number of methoxy groups -OCH3 is 1. The van der Waals surface area contributed by atoms with Gasteiger partial charge in [0, 0.05) is 24.4 Å². The Bertz CT molecular complexity index is 698. The molecule has 0 unspecified atom stereocenters. The van der Waals surface area contributed by atoms with Crippen LogP contribution in [0.2, 0.25) is 0 Å². The molecule has 20 heavy (non-hydrogen) atoms. The van der Waals surface area contributed by atoms with Gasteiger partial charge in [-0.05, 0) is 48.7 Å². The van der Waals surface area contributed by atoms with Crippen molar-refractivity contribution in [2.75, 3.05) is 7.11 Å². The van der Waals surface area contributed by atoms with Crippen molar-refractivity contribution >= 4 is 11.9 Å². The lowest BCUT2D eigenvalue weighted by atomic mass is 9.86. The highest BCUT2D eigenvalue weighted by Crippen LogP contribution is 2.29. The summed E-state index contributed by atoms with van der Waals surface area (Å²) in [6, 6.07) is 7.55. The van der Waals surface area contributed by atoms with Crippen molar-refractivity contribution < 1.29 is 9.53 Å². The number of ether oxygens (including phenoxy) is 1. The number of benzene rings is 1. The number of rotatable bonds is 2. The minimum atomic E-state index is 0.107. The maximum absolute atomic E-state index is 12.5. The maximum Gasteiger partial charge on any atom is 0.189 e. The monoisotopic (exact) mass is 268 g/mol. The quantitative estimate of drug-likeness (QED) is 0.786. The second-order valence-electron chi connectivity index (χ2n) is 4.90. The third-order valence-corrected chi connectivity index (χ3v) is 3.69. The molecule has 1 aromatic heterocycles. The molecular formula is C16H16N2O2. The minimum absolute atomic E-state index is 0.107. The Morgan fingerprint density at radius 2 is 2.15 bits per heavy atom. The van der Waals surface area contributed by atoms with Crippen LogP contribution in [-0.4, -0.2) is 22.7 Å². The number of Topliss-reactive ketones (excluding diaryl/α,β-unsaturated/α-hetero) is 1. The lowest BCUT2D eigenvalue weighted by Gasteiger charge is -2.18. The first-order valence-corrected chi connectivity index (χ1v) is 6.59. The number of hydrogen-bond donors (Lipinski definition) is 0. The van der Waals surface area contributed by atoms with Crippen molar-refractivity contribution in [2.45, 2.75) is 12.8 Å². The van der Waals surface area contributed by atoms with Crippen molar-refractivity contribution in [1.82, 2.24) is 9.78 Å². The van der Waals surface area contributed by atoms with Crippen molar-refractivity contribution in [3.63, 3.8) is 0 Å². The molecule has 0 bridgehead atoms. The van der Waals surface area contributed by atoms with Crippen LogP contribution in [0.4, 0.5) is 0 Å². The molecule has 1 aromatic carbocycles. The maximum atomic E-state index is 12.5. The molecule has 0 spiro atoms. The van der Waals surface area contributed by atoms with Crippen LogP contribution in [0.5, 0.6) is 5.75 Å². The zero-order chi connectivity index (χ0) is 14.1. The SMILES string of the molecule is COc1ccc2c(c1)CC/C(=C/c1ccnn1C)C2=O. The van der Waals surface area contributed by atoms with Crippen LogP contribution in [0.1, 0.15) is 28.0 Å². The van der Waals surface area contributed by atoms with E-state index >= 15 is 0 Å². The summed E-state index contributed by atoms with van der Waals surface area (Å²) in [5, 5.41) is 4.12. The number of aromatic nitrogens is 2. The van der Waals surface area contributed by atoms with Gasteiger partial charge in [-0.15, -0.1) is 0 Å². The first-order chi connectivity index (χ1) is 9.69. The van der Waals surface area contributed by atoms with Crippen molar-refractivity contribution in [3.05, 3.63) is 52.9 Å². The van der Waals surface area contributed by atoms with Gasteiger partial charge in [-0.25, -0.2) is 0 Å². The van der Waals surface area contributed by atoms with Crippen LogP contribution in [-0.2, 0) is 13.5 Å². The van der Waals surface area contributed by atoms with Crippen LogP contribution >= 0.6 is 0 Å². The summed E-state index contributed by atoms with van der Waals surface area (Å²) < 4.78 is 6.97. The highest BCUT2D eigenvalue weighted by Gasteiger charge is 2.22. The highest BCUT2D eigenvalue weighted by molar-refractivity contribution is 6.13. The van der Waals surface area contributed by atoms with Crippen LogP contribution in [0.25, 0.3) is 6.08 Å². The van der Waals surface area contributed by atoms with Gasteiger partial charge < -0.3 is 4.74 Å². The van der Waals surface area contributed by atoms with Gasteiger partial charge in [0.2, 0.25) is 0 Å². The molecule has 0 amide bonds. The van der Waals surface area contributed by atoms with Gasteiger partial charge in [0.25, 0.3) is 0 Å². The van der Waals surface area contributed by atoms with E-state index in [0.29, 0.717) is 0 Å². The van der Waals surface area contributed by atoms with E-state index in [2.05, 4.69) is 5.10 Å². The number of aryl methyl sites for hydroxylation is 2. The summed E-state index contributed by atoms with van der Waals surface area (Å²) in [6.45, 7) is 0. The van der Waals surface area contributed by atoms with E-state index in [-0.39, 0.29) is 5.78 Å². The molecule has 2 aromatic rings. The molecular weight excluding hydrogens is 252 g/mol. The number of ketones is 1. The normalized spacial score (nSPS) is 16.3. The molecule has 1 aliphatic rings. The van der Waals surface area contributed by atoms with Crippen molar-refractivity contribution in [2.24, 2.45) is 7.05 Å². The first-order valence-electron chi connectivity index (χ1n) is 6.59. The summed E-state index contributed by atoms with van der Waals surface area (Å²) in [4.78, 5) is 12.5. The molecule has 1 heterocycles. The van der Waals surface area contributed by atoms with E-state index in [1.165, 1.54) is 0 Å². The summed E-state index contributed by atoms with van der Waals surface area (Å²) in [5.41, 5.74) is 3.64. The smallest absolute Gasteiger partial charge is 0.189 e. The standard InChI is InChI=1S/C16H16N2O2/c1-18-13(7-8-17-18)9-12-4-3-11-10-14(20-2)5-6-15(11)16(12)19/h5-10H,3-4H2,1-2H3/b12-9-. The fourth-order valence-electron chi connectivity index (χ4n) is 2.52. The molecule has 3 rings (SSSR count). The Morgan fingerprint density at radius 1 is 1.30 bits per heavy atom. The third-order valence-electron chi connectivity index (χ3n) is 3.69. The Balaban J connectivity index is 1.97. The second-order valence-corrected chi connectivity index (χ2v) is 4.90. The minimum Gasteiger partial charge on any atom is -0.497 e. The van der Waals surface area contributed by atoms with Crippen LogP contribution in [0, 0.1) is 0 Å². The summed E-state index contributed by atoms with van der Waals surface area (Å²) in [7, 11) is 3.51. The predicted molar refractivity (Wildman–Crippen MR) is 76.8 cm³/mol. The summed E-state index contributed by atoms with van der Waals surface area (Å²) >= 11 is 0. The molecule has 1 aliphatic carbocycles. The van der Waals surface area contributed by atoms with Crippen LogP contribution in [0.15, 0.2) is 36.0 Å². The summed E-state index contributed by atoms with van der Waals surface area (Å²) in [6.07, 6.45) is 5.28. The Hall–Kier alpha value is -2.36. The molecule has 4 nitrogen and oxygen atoms in total. The molecule has 0 fully saturated rings. The molecule has 0 saturated heterocycles. The van der Waals surface area contributed by atoms with E-state index in [1.807, 2.05) is 37.4 Å². The number of nitrogens with zero attached hydrogens (tertiary/aromatic N) is 2. The fourth-order valence-corrected chi connectivity index (χ4v) is 2.52. The van der Waals surface area contributed by atoms with Gasteiger partial charge in [0.05, 0.1) is 12.8 Å². The molecule has 0 atom stereocenters. The number of carbonyl (C=O) groups is 1. The van der Waals surface area contributed by atoms with Gasteiger partial charge in [-0.2, -0.15) is 5.10 Å². The third kappa shape index (κ3) is 2.13. The second kappa shape index (κ2) is 4.96. The molecule has 0 radical (unpaired) electrons. The Kier molecular flexibility index (Phi) is 3.14. The average molecular weight is 268 g/mol. The first kappa shape index (κ1) is 12.7. The van der Waals surface area contributed by atoms with E-state index in [0.717, 1.165) is 41.0 Å². The number of fused-ring (bicyclic) bond motifs is 1. The summed E-state index contributed by atoms with van der Waals surface area (Å²) in [5.74, 6) is 0.908. The molecule has 4 heteroatoms. The van der Waals surface area contributed by atoms with Gasteiger partial charge in [-0.1, -0.05) is 0 Å². The molecule has 0 aliphatic heterocycles. The Labute approximate surface area is 117 Å². The van der Waals surface area contributed by atoms with Gasteiger partial charge in [0.15, 0.2) is 5.78 Å². The largest absolute Gasteiger partial charge is 0.497 e. The number of hydrogen-bond acceptors (Lipinski definition) is 3. The molecule has 102 valence electrons. The molecule has 0 saturated carbocycles. The number of allylic oxidation sites excluding steroid dienone is 1. The Morgan fingerprint density at radius 3 is 2.85 bits per heavy atom. The topological polar surface area (TPSA) is 44.1 Å². The highest BCUT2D eigenvalue weighted by atomic mass is 16.5. The van der Waals surface area contributed by atoms with E-state index < -0.39 is 0 Å². The van der Waals surface area contributed by atoms with Crippen molar-refractivity contribution in [1.29, 1.82) is 0 Å². The van der Waals surface area contributed by atoms with Gasteiger partial charge in [0.1, 0.15) is 5.75 Å². The predicted octanol–water partition coefficient (Wildman–Crippen LogP) is 2.64. The van der Waals surface area contributed by atoms with E-state index in [9.17, 15) is 4.79 Å². The zero-order valence-electron chi connectivity index (χ0n) is 11.6. The van der Waals surface area contributed by atoms with Gasteiger partial charge in [-0.3, -0.25) is 9.48 Å². The fraction of sp³-hybridized carbons (Fsp3) is 0.250. The van der Waals surface area contributed by atoms with Crippen LogP contribution in [0.3, 0.4) is 0 Å². The van der Waals surface area contributed by atoms with Crippen LogP contribution < -0.4 is 4.74 Å². The average Bonchev–Trinajstić information content (AvgIpc) is 2.87. The lowest BCUT2D eigenvalue weighted by Crippen LogP contribution is -2.14.